The first kappa shape index (κ1) is 19.4. The van der Waals surface area contributed by atoms with E-state index in [2.05, 4.69) is 22.6 Å². The normalized spacial score (nSPS) is 19.1. The Labute approximate surface area is 163 Å². The molecule has 144 valence electrons. The fraction of sp³-hybridized carbons (Fsp3) is 0.450. The molecule has 0 fully saturated rings. The van der Waals surface area contributed by atoms with Crippen molar-refractivity contribution in [3.8, 4) is 0 Å². The molecule has 0 aliphatic carbocycles. The number of halogens is 1. The van der Waals surface area contributed by atoms with Crippen LogP contribution in [0.1, 0.15) is 54.9 Å². The van der Waals surface area contributed by atoms with Crippen molar-refractivity contribution in [3.05, 3.63) is 52.4 Å². The molecule has 27 heavy (non-hydrogen) atoms. The summed E-state index contributed by atoms with van der Waals surface area (Å²) in [6.45, 7) is 6.39. The second-order valence-electron chi connectivity index (χ2n) is 7.03. The number of nitrogens with one attached hydrogen (secondary N) is 1. The van der Waals surface area contributed by atoms with Crippen LogP contribution in [0.3, 0.4) is 0 Å². The largest absolute Gasteiger partial charge is 0.391 e. The van der Waals surface area contributed by atoms with Crippen molar-refractivity contribution in [2.24, 2.45) is 11.1 Å². The molecule has 0 saturated heterocycles. The third-order valence-electron chi connectivity index (χ3n) is 4.71. The van der Waals surface area contributed by atoms with Gasteiger partial charge in [-0.25, -0.2) is 0 Å². The molecule has 1 aliphatic heterocycles. The molecule has 0 bridgehead atoms. The van der Waals surface area contributed by atoms with Crippen LogP contribution in [0.5, 0.6) is 0 Å². The van der Waals surface area contributed by atoms with E-state index in [1.54, 1.807) is 6.07 Å². The van der Waals surface area contributed by atoms with Crippen molar-refractivity contribution >= 4 is 23.2 Å². The second-order valence-corrected chi connectivity index (χ2v) is 7.46. The number of amides is 1. The van der Waals surface area contributed by atoms with Gasteiger partial charge in [0.1, 0.15) is 11.9 Å². The van der Waals surface area contributed by atoms with E-state index in [-0.39, 0.29) is 29.5 Å². The van der Waals surface area contributed by atoms with Crippen LogP contribution < -0.4 is 5.32 Å². The van der Waals surface area contributed by atoms with Crippen molar-refractivity contribution in [1.29, 1.82) is 0 Å². The SMILES string of the molecule is CCC1C(CNC(=O)c2cc(C(C)C)on2)=NOC1Cc1cccc(Cl)c1. The Morgan fingerprint density at radius 3 is 2.81 bits per heavy atom. The zero-order valence-corrected chi connectivity index (χ0v) is 16.5. The molecule has 7 heteroatoms. The molecule has 1 aliphatic rings. The van der Waals surface area contributed by atoms with Gasteiger partial charge >= 0.3 is 0 Å². The van der Waals surface area contributed by atoms with E-state index >= 15 is 0 Å². The summed E-state index contributed by atoms with van der Waals surface area (Å²) in [4.78, 5) is 17.9. The smallest absolute Gasteiger partial charge is 0.273 e. The summed E-state index contributed by atoms with van der Waals surface area (Å²) in [7, 11) is 0. The number of benzene rings is 1. The zero-order valence-electron chi connectivity index (χ0n) is 15.7. The first-order valence-corrected chi connectivity index (χ1v) is 9.57. The van der Waals surface area contributed by atoms with E-state index in [0.717, 1.165) is 24.1 Å². The van der Waals surface area contributed by atoms with Gasteiger partial charge in [0.2, 0.25) is 0 Å². The van der Waals surface area contributed by atoms with E-state index in [4.69, 9.17) is 21.0 Å². The predicted octanol–water partition coefficient (Wildman–Crippen LogP) is 4.20. The maximum atomic E-state index is 12.3. The number of carbonyl (C=O) groups excluding carboxylic acids is 1. The molecular formula is C20H24ClN3O3. The van der Waals surface area contributed by atoms with Crippen molar-refractivity contribution in [1.82, 2.24) is 10.5 Å². The van der Waals surface area contributed by atoms with Gasteiger partial charge in [-0.1, -0.05) is 54.8 Å². The lowest BCUT2D eigenvalue weighted by Gasteiger charge is -2.17. The van der Waals surface area contributed by atoms with E-state index in [9.17, 15) is 4.79 Å². The van der Waals surface area contributed by atoms with Gasteiger partial charge in [-0.2, -0.15) is 0 Å². The predicted molar refractivity (Wildman–Crippen MR) is 104 cm³/mol. The van der Waals surface area contributed by atoms with Crippen LogP contribution in [-0.2, 0) is 11.3 Å². The fourth-order valence-corrected chi connectivity index (χ4v) is 3.37. The summed E-state index contributed by atoms with van der Waals surface area (Å²) in [5.74, 6) is 0.743. The molecule has 0 saturated carbocycles. The summed E-state index contributed by atoms with van der Waals surface area (Å²) < 4.78 is 5.18. The number of rotatable bonds is 7. The molecule has 3 rings (SSSR count). The number of hydrogen-bond acceptors (Lipinski definition) is 5. The van der Waals surface area contributed by atoms with Gasteiger partial charge in [-0.3, -0.25) is 4.79 Å². The molecule has 2 atom stereocenters. The monoisotopic (exact) mass is 389 g/mol. The Balaban J connectivity index is 1.57. The van der Waals surface area contributed by atoms with Crippen molar-refractivity contribution in [2.45, 2.75) is 45.6 Å². The minimum absolute atomic E-state index is 0.0556. The number of oxime groups is 1. The average Bonchev–Trinajstić information content (AvgIpc) is 3.27. The van der Waals surface area contributed by atoms with Crippen molar-refractivity contribution < 1.29 is 14.2 Å². The Hall–Kier alpha value is -2.34. The second kappa shape index (κ2) is 8.57. The minimum Gasteiger partial charge on any atom is -0.391 e. The Morgan fingerprint density at radius 1 is 1.33 bits per heavy atom. The number of aromatic nitrogens is 1. The summed E-state index contributed by atoms with van der Waals surface area (Å²) in [6.07, 6.45) is 1.54. The first-order valence-electron chi connectivity index (χ1n) is 9.19. The van der Waals surface area contributed by atoms with Gasteiger partial charge in [-0.05, 0) is 24.1 Å². The van der Waals surface area contributed by atoms with Gasteiger partial charge in [0.05, 0.1) is 12.3 Å². The van der Waals surface area contributed by atoms with Gasteiger partial charge in [0, 0.05) is 29.3 Å². The van der Waals surface area contributed by atoms with Crippen molar-refractivity contribution in [3.63, 3.8) is 0 Å². The summed E-state index contributed by atoms with van der Waals surface area (Å²) >= 11 is 6.06. The molecule has 1 amide bonds. The first-order chi connectivity index (χ1) is 13.0. The van der Waals surface area contributed by atoms with E-state index in [1.165, 1.54) is 0 Å². The van der Waals surface area contributed by atoms with Gasteiger partial charge in [0.25, 0.3) is 5.91 Å². The van der Waals surface area contributed by atoms with E-state index in [1.807, 2.05) is 38.1 Å². The molecular weight excluding hydrogens is 366 g/mol. The maximum absolute atomic E-state index is 12.3. The standard InChI is InChI=1S/C20H24ClN3O3/c1-4-15-17(11-22-20(25)16-10-18(12(2)3)26-23-16)24-27-19(15)9-13-6-5-7-14(21)8-13/h5-8,10,12,15,19H,4,9,11H2,1-3H3,(H,22,25). The molecule has 0 radical (unpaired) electrons. The zero-order chi connectivity index (χ0) is 19.4. The van der Waals surface area contributed by atoms with E-state index < -0.39 is 0 Å². The molecule has 2 unspecified atom stereocenters. The third kappa shape index (κ3) is 4.69. The van der Waals surface area contributed by atoms with Gasteiger partial charge in [0.15, 0.2) is 5.69 Å². The lowest BCUT2D eigenvalue weighted by molar-refractivity contribution is 0.0614. The lowest BCUT2D eigenvalue weighted by Crippen LogP contribution is -2.35. The maximum Gasteiger partial charge on any atom is 0.273 e. The fourth-order valence-electron chi connectivity index (χ4n) is 3.16. The highest BCUT2D eigenvalue weighted by Gasteiger charge is 2.33. The van der Waals surface area contributed by atoms with Crippen LogP contribution in [-0.4, -0.2) is 29.4 Å². The van der Waals surface area contributed by atoms with Crippen LogP contribution in [0, 0.1) is 5.92 Å². The summed E-state index contributed by atoms with van der Waals surface area (Å²) in [5.41, 5.74) is 2.22. The minimum atomic E-state index is -0.276. The Kier molecular flexibility index (Phi) is 6.16. The van der Waals surface area contributed by atoms with Crippen LogP contribution in [0.2, 0.25) is 5.02 Å². The van der Waals surface area contributed by atoms with Gasteiger partial charge in [-0.15, -0.1) is 0 Å². The van der Waals surface area contributed by atoms with Crippen molar-refractivity contribution in [2.75, 3.05) is 6.54 Å². The molecule has 2 heterocycles. The summed E-state index contributed by atoms with van der Waals surface area (Å²) in [6, 6.07) is 9.42. The van der Waals surface area contributed by atoms with Gasteiger partial charge < -0.3 is 14.7 Å². The lowest BCUT2D eigenvalue weighted by atomic mass is 9.90. The molecule has 1 aromatic carbocycles. The summed E-state index contributed by atoms with van der Waals surface area (Å²) in [5, 5.41) is 11.6. The van der Waals surface area contributed by atoms with E-state index in [0.29, 0.717) is 17.3 Å². The van der Waals surface area contributed by atoms with Crippen LogP contribution in [0.4, 0.5) is 0 Å². The number of carbonyl (C=O) groups is 1. The average molecular weight is 390 g/mol. The molecule has 1 N–H and O–H groups in total. The topological polar surface area (TPSA) is 76.7 Å². The van der Waals surface area contributed by atoms with Crippen LogP contribution >= 0.6 is 11.6 Å². The highest BCUT2D eigenvalue weighted by molar-refractivity contribution is 6.30. The molecule has 1 aromatic heterocycles. The van der Waals surface area contributed by atoms with Crippen LogP contribution in [0.25, 0.3) is 0 Å². The number of nitrogens with zero attached hydrogens (tertiary/aromatic N) is 2. The number of hydrogen-bond donors (Lipinski definition) is 1. The molecule has 2 aromatic rings. The quantitative estimate of drug-likeness (QED) is 0.769. The Morgan fingerprint density at radius 2 is 2.15 bits per heavy atom. The highest BCUT2D eigenvalue weighted by atomic mass is 35.5. The molecule has 0 spiro atoms. The molecule has 6 nitrogen and oxygen atoms in total. The third-order valence-corrected chi connectivity index (χ3v) is 4.94. The Bertz CT molecular complexity index is 831. The highest BCUT2D eigenvalue weighted by Crippen LogP contribution is 2.26. The van der Waals surface area contributed by atoms with Crippen LogP contribution in [0.15, 0.2) is 40.0 Å².